The molecule has 2 heterocycles. The predicted octanol–water partition coefficient (Wildman–Crippen LogP) is 7.17. The number of benzene rings is 2. The van der Waals surface area contributed by atoms with Crippen LogP contribution in [0.3, 0.4) is 0 Å². The Kier molecular flexibility index (Phi) is 4.55. The van der Waals surface area contributed by atoms with Gasteiger partial charge < -0.3 is 4.74 Å². The summed E-state index contributed by atoms with van der Waals surface area (Å²) >= 11 is 0. The van der Waals surface area contributed by atoms with Crippen LogP contribution in [0.5, 0.6) is 0 Å². The fourth-order valence-corrected chi connectivity index (χ4v) is 9.59. The Morgan fingerprint density at radius 2 is 1.46 bits per heavy atom. The Bertz CT molecular complexity index is 1140. The maximum absolute atomic E-state index is 13.4. The zero-order chi connectivity index (χ0) is 23.1. The molecule has 1 saturated heterocycles. The summed E-state index contributed by atoms with van der Waals surface area (Å²) in [5.41, 5.74) is 6.85. The summed E-state index contributed by atoms with van der Waals surface area (Å²) in [6.07, 6.45) is 13.2. The molecule has 35 heavy (non-hydrogen) atoms. The molecule has 2 aliphatic heterocycles. The molecule has 0 spiro atoms. The highest BCUT2D eigenvalue weighted by molar-refractivity contribution is 5.79. The molecule has 6 bridgehead atoms. The van der Waals surface area contributed by atoms with Gasteiger partial charge in [-0.3, -0.25) is 4.90 Å². The van der Waals surface area contributed by atoms with Crippen molar-refractivity contribution in [2.45, 2.75) is 69.4 Å². The van der Waals surface area contributed by atoms with Crippen LogP contribution in [0.2, 0.25) is 0 Å². The normalized spacial score (nSPS) is 36.2. The first-order chi connectivity index (χ1) is 17.2. The summed E-state index contributed by atoms with van der Waals surface area (Å²) in [4.78, 5) is 15.5. The topological polar surface area (TPSA) is 29.5 Å². The summed E-state index contributed by atoms with van der Waals surface area (Å²) in [5, 5.41) is 0. The minimum Gasteiger partial charge on any atom is -0.448 e. The summed E-state index contributed by atoms with van der Waals surface area (Å²) in [7, 11) is 0. The van der Waals surface area contributed by atoms with Gasteiger partial charge in [-0.2, -0.15) is 0 Å². The Hall–Kier alpha value is -2.55. The Labute approximate surface area is 208 Å². The molecule has 3 heteroatoms. The van der Waals surface area contributed by atoms with Gasteiger partial charge in [0.2, 0.25) is 0 Å². The van der Waals surface area contributed by atoms with E-state index < -0.39 is 0 Å². The van der Waals surface area contributed by atoms with E-state index >= 15 is 0 Å². The van der Waals surface area contributed by atoms with Crippen molar-refractivity contribution in [2.75, 3.05) is 6.61 Å². The molecule has 0 radical (unpaired) electrons. The highest BCUT2D eigenvalue weighted by Gasteiger charge is 2.51. The van der Waals surface area contributed by atoms with Gasteiger partial charge in [0, 0.05) is 12.0 Å². The minimum absolute atomic E-state index is 0.0975. The van der Waals surface area contributed by atoms with Crippen LogP contribution in [0.25, 0.3) is 11.1 Å². The van der Waals surface area contributed by atoms with Crippen molar-refractivity contribution in [3.8, 4) is 11.1 Å². The molecule has 1 amide bonds. The monoisotopic (exact) mass is 465 g/mol. The van der Waals surface area contributed by atoms with E-state index in [1.807, 2.05) is 0 Å². The van der Waals surface area contributed by atoms with E-state index in [2.05, 4.69) is 59.5 Å². The summed E-state index contributed by atoms with van der Waals surface area (Å²) in [5.74, 6) is 4.85. The lowest BCUT2D eigenvalue weighted by atomic mass is 9.50. The van der Waals surface area contributed by atoms with E-state index in [0.29, 0.717) is 12.6 Å². The molecule has 3 nitrogen and oxygen atoms in total. The van der Waals surface area contributed by atoms with Gasteiger partial charge in [-0.1, -0.05) is 60.2 Å². The average Bonchev–Trinajstić information content (AvgIpc) is 3.33. The van der Waals surface area contributed by atoms with Gasteiger partial charge >= 0.3 is 6.09 Å². The third-order valence-electron chi connectivity index (χ3n) is 10.6. The first-order valence-corrected chi connectivity index (χ1v) is 14.1. The molecule has 2 unspecified atom stereocenters. The maximum atomic E-state index is 13.4. The molecular weight excluding hydrogens is 430 g/mol. The third kappa shape index (κ3) is 3.12. The standard InChI is InChI=1S/C32H35NO2/c34-32(35-18-30-28-7-3-1-5-26(28)27-6-2-4-8-29(27)30)33-24-9-10-25(33)17-23(16-24)31-21-12-19-11-20(14-21)15-22(31)13-19/h1-8,16,19-22,24-25,30-31H,9-15,17-18H2. The van der Waals surface area contributed by atoms with Gasteiger partial charge in [-0.25, -0.2) is 4.79 Å². The fourth-order valence-electron chi connectivity index (χ4n) is 9.59. The molecule has 9 rings (SSSR count). The molecule has 0 N–H and O–H groups in total. The first-order valence-electron chi connectivity index (χ1n) is 14.1. The van der Waals surface area contributed by atoms with Crippen molar-refractivity contribution >= 4 is 6.09 Å². The molecule has 180 valence electrons. The predicted molar refractivity (Wildman–Crippen MR) is 137 cm³/mol. The SMILES string of the molecule is O=C(OCC1c2ccccc2-c2ccccc21)N1C2C=C(C3C4CC5CC(C4)CC3C5)CC1CC2. The van der Waals surface area contributed by atoms with Crippen molar-refractivity contribution in [1.82, 2.24) is 4.90 Å². The van der Waals surface area contributed by atoms with Crippen LogP contribution in [-0.2, 0) is 4.74 Å². The van der Waals surface area contributed by atoms with Crippen LogP contribution in [0.1, 0.15) is 68.4 Å². The van der Waals surface area contributed by atoms with Gasteiger partial charge in [-0.05, 0) is 103 Å². The van der Waals surface area contributed by atoms with Crippen LogP contribution < -0.4 is 0 Å². The second kappa shape index (κ2) is 7.72. The lowest BCUT2D eigenvalue weighted by molar-refractivity contribution is -0.0242. The maximum Gasteiger partial charge on any atom is 0.410 e. The number of carbonyl (C=O) groups is 1. The smallest absolute Gasteiger partial charge is 0.410 e. The summed E-state index contributed by atoms with van der Waals surface area (Å²) in [6.45, 7) is 0.426. The minimum atomic E-state index is -0.0975. The van der Waals surface area contributed by atoms with E-state index in [9.17, 15) is 4.79 Å². The molecule has 5 fully saturated rings. The van der Waals surface area contributed by atoms with Crippen LogP contribution in [0.15, 0.2) is 60.2 Å². The second-order valence-corrected chi connectivity index (χ2v) is 12.4. The van der Waals surface area contributed by atoms with Gasteiger partial charge in [0.05, 0.1) is 6.04 Å². The van der Waals surface area contributed by atoms with Gasteiger partial charge in [-0.15, -0.1) is 0 Å². The molecule has 2 atom stereocenters. The second-order valence-electron chi connectivity index (χ2n) is 12.4. The zero-order valence-electron chi connectivity index (χ0n) is 20.4. The Morgan fingerprint density at radius 3 is 2.09 bits per heavy atom. The van der Waals surface area contributed by atoms with E-state index in [1.54, 1.807) is 5.57 Å². The van der Waals surface area contributed by atoms with Gasteiger partial charge in [0.25, 0.3) is 0 Å². The van der Waals surface area contributed by atoms with Crippen molar-refractivity contribution in [1.29, 1.82) is 0 Å². The molecule has 7 aliphatic rings. The molecular formula is C32H35NO2. The number of rotatable bonds is 3. The lowest BCUT2D eigenvalue weighted by Crippen LogP contribution is -2.49. The highest BCUT2D eigenvalue weighted by atomic mass is 16.6. The van der Waals surface area contributed by atoms with Gasteiger partial charge in [0.15, 0.2) is 0 Å². The molecule has 4 saturated carbocycles. The quantitative estimate of drug-likeness (QED) is 0.450. The number of amides is 1. The van der Waals surface area contributed by atoms with E-state index in [1.165, 1.54) is 54.4 Å². The third-order valence-corrected chi connectivity index (χ3v) is 10.6. The van der Waals surface area contributed by atoms with Crippen LogP contribution in [0.4, 0.5) is 4.79 Å². The van der Waals surface area contributed by atoms with Crippen LogP contribution in [0, 0.1) is 29.6 Å². The molecule has 2 aromatic carbocycles. The molecule has 0 aromatic heterocycles. The fraction of sp³-hybridized carbons (Fsp3) is 0.531. The number of fused-ring (bicyclic) bond motifs is 5. The number of ether oxygens (including phenoxy) is 1. The Balaban J connectivity index is 1.000. The summed E-state index contributed by atoms with van der Waals surface area (Å²) < 4.78 is 6.09. The molecule has 5 aliphatic carbocycles. The van der Waals surface area contributed by atoms with E-state index in [4.69, 9.17) is 4.74 Å². The lowest BCUT2D eigenvalue weighted by Gasteiger charge is -2.56. The summed E-state index contributed by atoms with van der Waals surface area (Å²) in [6, 6.07) is 17.8. The number of carbonyl (C=O) groups excluding carboxylic acids is 1. The van der Waals surface area contributed by atoms with Crippen molar-refractivity contribution in [3.05, 3.63) is 71.3 Å². The number of hydrogen-bond acceptors (Lipinski definition) is 2. The van der Waals surface area contributed by atoms with Gasteiger partial charge in [0.1, 0.15) is 6.61 Å². The van der Waals surface area contributed by atoms with Crippen LogP contribution >= 0.6 is 0 Å². The number of nitrogens with zero attached hydrogens (tertiary/aromatic N) is 1. The van der Waals surface area contributed by atoms with Crippen molar-refractivity contribution in [3.63, 3.8) is 0 Å². The number of hydrogen-bond donors (Lipinski definition) is 0. The first kappa shape index (κ1) is 20.6. The zero-order valence-corrected chi connectivity index (χ0v) is 20.4. The van der Waals surface area contributed by atoms with E-state index in [-0.39, 0.29) is 18.1 Å². The van der Waals surface area contributed by atoms with Crippen molar-refractivity contribution in [2.24, 2.45) is 29.6 Å². The average molecular weight is 466 g/mol. The van der Waals surface area contributed by atoms with E-state index in [0.717, 1.165) is 48.9 Å². The largest absolute Gasteiger partial charge is 0.448 e. The van der Waals surface area contributed by atoms with Crippen molar-refractivity contribution < 1.29 is 9.53 Å². The molecule has 2 aromatic rings. The van der Waals surface area contributed by atoms with Crippen LogP contribution in [-0.4, -0.2) is 29.7 Å². The highest BCUT2D eigenvalue weighted by Crippen LogP contribution is 2.59. The Morgan fingerprint density at radius 1 is 0.829 bits per heavy atom.